The highest BCUT2D eigenvalue weighted by Crippen LogP contribution is 2.46. The number of hydrogen-bond donors (Lipinski definition) is 2. The van der Waals surface area contributed by atoms with Gasteiger partial charge in [-0.3, -0.25) is 9.98 Å². The smallest absolute Gasteiger partial charge is 0.213 e. The van der Waals surface area contributed by atoms with Gasteiger partial charge in [-0.25, -0.2) is 0 Å². The first-order valence-electron chi connectivity index (χ1n) is 10.2. The maximum absolute atomic E-state index is 5.97. The molecule has 3 aliphatic rings. The second-order valence-corrected chi connectivity index (χ2v) is 8.44. The molecule has 3 heterocycles. The van der Waals surface area contributed by atoms with Crippen LogP contribution in [0.15, 0.2) is 77.4 Å². The van der Waals surface area contributed by atoms with E-state index < -0.39 is 0 Å². The summed E-state index contributed by atoms with van der Waals surface area (Å²) in [5, 5.41) is 7.00. The van der Waals surface area contributed by atoms with Crippen LogP contribution < -0.4 is 15.4 Å². The zero-order valence-electron chi connectivity index (χ0n) is 16.9. The van der Waals surface area contributed by atoms with E-state index >= 15 is 0 Å². The Morgan fingerprint density at radius 1 is 0.933 bits per heavy atom. The molecular weight excluding hydrogens is 372 g/mol. The molecule has 0 fully saturated rings. The predicted octanol–water partition coefficient (Wildman–Crippen LogP) is 4.96. The molecule has 6 rings (SSSR count). The molecule has 0 bridgehead atoms. The third-order valence-corrected chi connectivity index (χ3v) is 6.26. The molecule has 2 N–H and O–H groups in total. The molecule has 30 heavy (non-hydrogen) atoms. The van der Waals surface area contributed by atoms with Crippen molar-refractivity contribution in [1.82, 2.24) is 10.3 Å². The van der Waals surface area contributed by atoms with E-state index in [0.29, 0.717) is 0 Å². The summed E-state index contributed by atoms with van der Waals surface area (Å²) >= 11 is 0. The number of rotatable bonds is 2. The van der Waals surface area contributed by atoms with Crippen LogP contribution in [0.2, 0.25) is 0 Å². The molecule has 0 saturated carbocycles. The van der Waals surface area contributed by atoms with Gasteiger partial charge in [0.2, 0.25) is 6.23 Å². The topological polar surface area (TPSA) is 58.5 Å². The summed E-state index contributed by atoms with van der Waals surface area (Å²) in [7, 11) is 0. The van der Waals surface area contributed by atoms with Crippen LogP contribution >= 0.6 is 0 Å². The number of nitrogens with one attached hydrogen (secondary N) is 2. The number of benzene rings is 2. The fraction of sp³-hybridized carbons (Fsp3) is 0.200. The normalized spacial score (nSPS) is 22.5. The minimum absolute atomic E-state index is 0.0456. The Morgan fingerprint density at radius 2 is 1.77 bits per heavy atom. The van der Waals surface area contributed by atoms with Gasteiger partial charge < -0.3 is 15.4 Å². The van der Waals surface area contributed by atoms with Crippen molar-refractivity contribution in [2.75, 3.05) is 5.32 Å². The van der Waals surface area contributed by atoms with Crippen LogP contribution in [-0.2, 0) is 5.41 Å². The van der Waals surface area contributed by atoms with Crippen LogP contribution in [-0.4, -0.2) is 11.2 Å². The number of ether oxygens (including phenoxy) is 1. The fourth-order valence-corrected chi connectivity index (χ4v) is 4.58. The van der Waals surface area contributed by atoms with Crippen LogP contribution in [0.3, 0.4) is 0 Å². The van der Waals surface area contributed by atoms with Crippen LogP contribution in [0.1, 0.15) is 48.6 Å². The number of fused-ring (bicyclic) bond motifs is 3. The number of aromatic nitrogens is 1. The molecule has 5 heteroatoms. The summed E-state index contributed by atoms with van der Waals surface area (Å²) in [5.74, 6) is 0.855. The molecule has 2 aliphatic heterocycles. The molecule has 148 valence electrons. The molecule has 5 nitrogen and oxygen atoms in total. The van der Waals surface area contributed by atoms with Crippen LogP contribution in [0, 0.1) is 0 Å². The third kappa shape index (κ3) is 2.48. The number of pyridine rings is 1. The van der Waals surface area contributed by atoms with E-state index in [2.05, 4.69) is 59.8 Å². The van der Waals surface area contributed by atoms with E-state index in [1.807, 2.05) is 42.7 Å². The molecule has 2 unspecified atom stereocenters. The third-order valence-electron chi connectivity index (χ3n) is 6.26. The zero-order chi connectivity index (χ0) is 20.3. The number of anilines is 1. The number of allylic oxidation sites excluding steroid dienone is 1. The van der Waals surface area contributed by atoms with Crippen LogP contribution in [0.25, 0.3) is 5.70 Å². The minimum Gasteiger partial charge on any atom is -0.463 e. The largest absolute Gasteiger partial charge is 0.463 e. The number of hydrogen-bond acceptors (Lipinski definition) is 5. The van der Waals surface area contributed by atoms with E-state index in [-0.39, 0.29) is 17.8 Å². The van der Waals surface area contributed by atoms with Gasteiger partial charge in [0.05, 0.1) is 5.69 Å². The van der Waals surface area contributed by atoms with Gasteiger partial charge in [-0.1, -0.05) is 56.3 Å². The predicted molar refractivity (Wildman–Crippen MR) is 118 cm³/mol. The Hall–Kier alpha value is -3.60. The summed E-state index contributed by atoms with van der Waals surface area (Å²) in [5.41, 5.74) is 7.85. The van der Waals surface area contributed by atoms with Crippen molar-refractivity contribution >= 4 is 17.6 Å². The standard InChI is InChI=1S/C25H22N4O/c1-25(2)17-8-4-3-7-16(17)22-18(25)14-27-23(29-22)15-11-12-20(26-13-15)24-28-19-9-5-6-10-21(19)30-24/h3-14,23-24,28-29H,1-2H3. The maximum atomic E-state index is 5.97. The Morgan fingerprint density at radius 3 is 2.60 bits per heavy atom. The molecule has 2 atom stereocenters. The maximum Gasteiger partial charge on any atom is 0.213 e. The second-order valence-electron chi connectivity index (χ2n) is 8.44. The molecule has 0 amide bonds. The summed E-state index contributed by atoms with van der Waals surface area (Å²) in [6.45, 7) is 4.51. The highest BCUT2D eigenvalue weighted by Gasteiger charge is 2.39. The second kappa shape index (κ2) is 6.20. The fourth-order valence-electron chi connectivity index (χ4n) is 4.58. The Kier molecular flexibility index (Phi) is 3.57. The average molecular weight is 394 g/mol. The van der Waals surface area contributed by atoms with E-state index in [1.165, 1.54) is 22.4 Å². The van der Waals surface area contributed by atoms with Crippen molar-refractivity contribution in [3.05, 3.63) is 94.8 Å². The molecule has 3 aromatic rings. The first kappa shape index (κ1) is 17.3. The van der Waals surface area contributed by atoms with Crippen molar-refractivity contribution in [2.24, 2.45) is 4.99 Å². The number of para-hydroxylation sites is 2. The van der Waals surface area contributed by atoms with Gasteiger partial charge in [-0.2, -0.15) is 0 Å². The highest BCUT2D eigenvalue weighted by atomic mass is 16.5. The Labute approximate surface area is 175 Å². The lowest BCUT2D eigenvalue weighted by atomic mass is 9.81. The zero-order valence-corrected chi connectivity index (χ0v) is 16.9. The van der Waals surface area contributed by atoms with E-state index in [0.717, 1.165) is 22.7 Å². The van der Waals surface area contributed by atoms with Gasteiger partial charge in [0.15, 0.2) is 0 Å². The first-order valence-corrected chi connectivity index (χ1v) is 10.2. The van der Waals surface area contributed by atoms with Crippen molar-refractivity contribution in [3.8, 4) is 5.75 Å². The molecule has 2 aromatic carbocycles. The SMILES string of the molecule is CC1(C)C2=C(NC(c3ccc(C4Nc5ccccc5O4)nc3)N=C2)c2ccccc21. The first-order chi connectivity index (χ1) is 14.6. The number of aliphatic imine (C=N–C) groups is 1. The molecule has 1 aromatic heterocycles. The van der Waals surface area contributed by atoms with Crippen molar-refractivity contribution in [3.63, 3.8) is 0 Å². The van der Waals surface area contributed by atoms with Gasteiger partial charge in [-0.15, -0.1) is 0 Å². The molecule has 0 saturated heterocycles. The van der Waals surface area contributed by atoms with Crippen molar-refractivity contribution in [1.29, 1.82) is 0 Å². The molecule has 0 radical (unpaired) electrons. The Balaban J connectivity index is 1.25. The number of nitrogens with zero attached hydrogens (tertiary/aromatic N) is 2. The van der Waals surface area contributed by atoms with Crippen LogP contribution in [0.4, 0.5) is 5.69 Å². The minimum atomic E-state index is -0.268. The summed E-state index contributed by atoms with van der Waals surface area (Å²) in [6, 6.07) is 20.6. The average Bonchev–Trinajstić information content (AvgIpc) is 3.32. The highest BCUT2D eigenvalue weighted by molar-refractivity contribution is 5.99. The van der Waals surface area contributed by atoms with Crippen molar-refractivity contribution in [2.45, 2.75) is 31.7 Å². The van der Waals surface area contributed by atoms with Gasteiger partial charge >= 0.3 is 0 Å². The summed E-state index contributed by atoms with van der Waals surface area (Å²) in [6.07, 6.45) is 3.50. The van der Waals surface area contributed by atoms with E-state index in [1.54, 1.807) is 0 Å². The van der Waals surface area contributed by atoms with Gasteiger partial charge in [-0.05, 0) is 23.8 Å². The summed E-state index contributed by atoms with van der Waals surface area (Å²) in [4.78, 5) is 9.46. The van der Waals surface area contributed by atoms with Gasteiger partial charge in [0.1, 0.15) is 17.6 Å². The quantitative estimate of drug-likeness (QED) is 0.645. The van der Waals surface area contributed by atoms with E-state index in [4.69, 9.17) is 9.73 Å². The monoisotopic (exact) mass is 394 g/mol. The Bertz CT molecular complexity index is 1180. The molecule has 0 spiro atoms. The molecule has 1 aliphatic carbocycles. The lowest BCUT2D eigenvalue weighted by Gasteiger charge is -2.26. The van der Waals surface area contributed by atoms with E-state index in [9.17, 15) is 0 Å². The van der Waals surface area contributed by atoms with Crippen LogP contribution in [0.5, 0.6) is 5.75 Å². The lowest BCUT2D eigenvalue weighted by molar-refractivity contribution is 0.254. The molecular formula is C25H22N4O. The van der Waals surface area contributed by atoms with Gasteiger partial charge in [0, 0.05) is 40.2 Å². The van der Waals surface area contributed by atoms with Crippen molar-refractivity contribution < 1.29 is 4.74 Å². The lowest BCUT2D eigenvalue weighted by Crippen LogP contribution is -2.26. The summed E-state index contributed by atoms with van der Waals surface area (Å²) < 4.78 is 5.97. The van der Waals surface area contributed by atoms with Gasteiger partial charge in [0.25, 0.3) is 0 Å².